The summed E-state index contributed by atoms with van der Waals surface area (Å²) >= 11 is 0. The Morgan fingerprint density at radius 1 is 0.783 bits per heavy atom. The molecule has 1 unspecified atom stereocenters. The third-order valence-electron chi connectivity index (χ3n) is 4.08. The highest BCUT2D eigenvalue weighted by Crippen LogP contribution is 2.10. The van der Waals surface area contributed by atoms with Crippen LogP contribution in [0, 0.1) is 0 Å². The zero-order chi connectivity index (χ0) is 17.0. The lowest BCUT2D eigenvalue weighted by molar-refractivity contribution is 0.0136. The summed E-state index contributed by atoms with van der Waals surface area (Å²) in [5.41, 5.74) is 0. The third kappa shape index (κ3) is 17.6. The fraction of sp³-hybridized carbons (Fsp3) is 0.810. The molecule has 1 N–H and O–H groups in total. The first kappa shape index (κ1) is 22.4. The molecule has 0 aliphatic carbocycles. The van der Waals surface area contributed by atoms with E-state index >= 15 is 0 Å². The number of ether oxygens (including phenoxy) is 1. The molecule has 136 valence electrons. The van der Waals surface area contributed by atoms with Crippen LogP contribution in [-0.4, -0.2) is 24.4 Å². The molecule has 0 spiro atoms. The van der Waals surface area contributed by atoms with Crippen LogP contribution in [-0.2, 0) is 4.74 Å². The molecule has 0 aliphatic rings. The van der Waals surface area contributed by atoms with Crippen molar-refractivity contribution in [3.8, 4) is 0 Å². The Hall–Kier alpha value is -0.600. The second-order valence-corrected chi connectivity index (χ2v) is 6.28. The highest BCUT2D eigenvalue weighted by molar-refractivity contribution is 4.92. The molecule has 0 bridgehead atoms. The fourth-order valence-corrected chi connectivity index (χ4v) is 2.65. The van der Waals surface area contributed by atoms with Crippen LogP contribution in [0.2, 0.25) is 0 Å². The van der Waals surface area contributed by atoms with Gasteiger partial charge in [-0.2, -0.15) is 0 Å². The molecule has 0 aromatic rings. The van der Waals surface area contributed by atoms with Crippen LogP contribution in [0.5, 0.6) is 0 Å². The SMILES string of the molecule is CCCCC/C=C\C/C=C\CCCCCCCC(CO)OCC. The number of aliphatic hydroxyl groups is 1. The number of hydrogen-bond acceptors (Lipinski definition) is 2. The lowest BCUT2D eigenvalue weighted by Gasteiger charge is -2.13. The largest absolute Gasteiger partial charge is 0.394 e. The Balaban J connectivity index is 3.27. The zero-order valence-electron chi connectivity index (χ0n) is 15.6. The number of unbranched alkanes of at least 4 members (excludes halogenated alkanes) is 8. The Morgan fingerprint density at radius 2 is 1.39 bits per heavy atom. The van der Waals surface area contributed by atoms with Crippen molar-refractivity contribution in [2.75, 3.05) is 13.2 Å². The number of rotatable bonds is 17. The molecular weight excluding hydrogens is 284 g/mol. The predicted molar refractivity (Wildman–Crippen MR) is 102 cm³/mol. The van der Waals surface area contributed by atoms with Gasteiger partial charge in [-0.25, -0.2) is 0 Å². The number of hydrogen-bond donors (Lipinski definition) is 1. The van der Waals surface area contributed by atoms with Crippen LogP contribution in [0.25, 0.3) is 0 Å². The minimum absolute atomic E-state index is 0.0537. The van der Waals surface area contributed by atoms with Gasteiger partial charge in [-0.1, -0.05) is 69.8 Å². The summed E-state index contributed by atoms with van der Waals surface area (Å²) in [6.07, 6.45) is 24.2. The van der Waals surface area contributed by atoms with Crippen molar-refractivity contribution in [2.45, 2.75) is 97.0 Å². The predicted octanol–water partition coefficient (Wildman–Crippen LogP) is 6.20. The normalized spacial score (nSPS) is 13.3. The summed E-state index contributed by atoms with van der Waals surface area (Å²) in [5, 5.41) is 9.13. The Kier molecular flexibility index (Phi) is 18.9. The summed E-state index contributed by atoms with van der Waals surface area (Å²) < 4.78 is 5.45. The molecular formula is C21H40O2. The molecule has 0 saturated heterocycles. The molecule has 0 aliphatic heterocycles. The Bertz CT molecular complexity index is 271. The van der Waals surface area contributed by atoms with Crippen LogP contribution >= 0.6 is 0 Å². The standard InChI is InChI=1S/C21H40O2/c1-3-5-6-7-8-9-10-11-12-13-14-15-16-17-18-19-21(20-22)23-4-2/h8-9,11-12,21-22H,3-7,10,13-20H2,1-2H3/b9-8-,12-11-. The van der Waals surface area contributed by atoms with Crippen molar-refractivity contribution in [3.63, 3.8) is 0 Å². The first-order chi connectivity index (χ1) is 11.3. The molecule has 0 rings (SSSR count). The van der Waals surface area contributed by atoms with Crippen LogP contribution in [0.15, 0.2) is 24.3 Å². The van der Waals surface area contributed by atoms with Gasteiger partial charge in [0.05, 0.1) is 12.7 Å². The van der Waals surface area contributed by atoms with Gasteiger partial charge in [0, 0.05) is 6.61 Å². The molecule has 0 aromatic carbocycles. The van der Waals surface area contributed by atoms with Gasteiger partial charge < -0.3 is 9.84 Å². The quantitative estimate of drug-likeness (QED) is 0.255. The topological polar surface area (TPSA) is 29.5 Å². The van der Waals surface area contributed by atoms with E-state index in [0.29, 0.717) is 6.61 Å². The molecule has 0 amide bonds. The van der Waals surface area contributed by atoms with Crippen LogP contribution in [0.1, 0.15) is 90.9 Å². The van der Waals surface area contributed by atoms with E-state index in [0.717, 1.165) is 12.8 Å². The monoisotopic (exact) mass is 324 g/mol. The van der Waals surface area contributed by atoms with Crippen LogP contribution in [0.4, 0.5) is 0 Å². The summed E-state index contributed by atoms with van der Waals surface area (Å²) in [5.74, 6) is 0. The maximum atomic E-state index is 9.13. The van der Waals surface area contributed by atoms with Gasteiger partial charge >= 0.3 is 0 Å². The van der Waals surface area contributed by atoms with Crippen molar-refractivity contribution in [1.29, 1.82) is 0 Å². The molecule has 2 nitrogen and oxygen atoms in total. The zero-order valence-corrected chi connectivity index (χ0v) is 15.6. The van der Waals surface area contributed by atoms with Crippen molar-refractivity contribution < 1.29 is 9.84 Å². The average Bonchev–Trinajstić information content (AvgIpc) is 2.57. The van der Waals surface area contributed by atoms with E-state index in [4.69, 9.17) is 9.84 Å². The minimum Gasteiger partial charge on any atom is -0.394 e. The highest BCUT2D eigenvalue weighted by atomic mass is 16.5. The van der Waals surface area contributed by atoms with Gasteiger partial charge in [-0.15, -0.1) is 0 Å². The minimum atomic E-state index is 0.0537. The summed E-state index contributed by atoms with van der Waals surface area (Å²) in [7, 11) is 0. The summed E-state index contributed by atoms with van der Waals surface area (Å²) in [4.78, 5) is 0. The van der Waals surface area contributed by atoms with Gasteiger partial charge in [-0.05, 0) is 45.4 Å². The van der Waals surface area contributed by atoms with Crippen molar-refractivity contribution in [2.24, 2.45) is 0 Å². The molecule has 0 heterocycles. The smallest absolute Gasteiger partial charge is 0.0805 e. The molecule has 1 atom stereocenters. The third-order valence-corrected chi connectivity index (χ3v) is 4.08. The Labute approximate surface area is 145 Å². The van der Waals surface area contributed by atoms with Crippen molar-refractivity contribution in [1.82, 2.24) is 0 Å². The lowest BCUT2D eigenvalue weighted by Crippen LogP contribution is -2.17. The van der Waals surface area contributed by atoms with Gasteiger partial charge in [0.25, 0.3) is 0 Å². The van der Waals surface area contributed by atoms with Crippen LogP contribution in [0.3, 0.4) is 0 Å². The van der Waals surface area contributed by atoms with E-state index in [1.54, 1.807) is 0 Å². The Morgan fingerprint density at radius 3 is 2.00 bits per heavy atom. The maximum Gasteiger partial charge on any atom is 0.0805 e. The molecule has 0 radical (unpaired) electrons. The lowest BCUT2D eigenvalue weighted by atomic mass is 10.1. The van der Waals surface area contributed by atoms with Gasteiger partial charge in [0.2, 0.25) is 0 Å². The number of allylic oxidation sites excluding steroid dienone is 4. The van der Waals surface area contributed by atoms with E-state index in [9.17, 15) is 0 Å². The van der Waals surface area contributed by atoms with E-state index in [1.807, 2.05) is 6.92 Å². The highest BCUT2D eigenvalue weighted by Gasteiger charge is 2.05. The summed E-state index contributed by atoms with van der Waals surface area (Å²) in [6.45, 7) is 5.09. The van der Waals surface area contributed by atoms with Crippen molar-refractivity contribution in [3.05, 3.63) is 24.3 Å². The van der Waals surface area contributed by atoms with Gasteiger partial charge in [0.15, 0.2) is 0 Å². The van der Waals surface area contributed by atoms with E-state index in [1.165, 1.54) is 64.2 Å². The molecule has 2 heteroatoms. The van der Waals surface area contributed by atoms with Gasteiger partial charge in [-0.3, -0.25) is 0 Å². The first-order valence-electron chi connectivity index (χ1n) is 9.87. The molecule has 0 saturated carbocycles. The second-order valence-electron chi connectivity index (χ2n) is 6.28. The summed E-state index contributed by atoms with van der Waals surface area (Å²) in [6, 6.07) is 0. The molecule has 0 fully saturated rings. The van der Waals surface area contributed by atoms with Crippen molar-refractivity contribution >= 4 is 0 Å². The average molecular weight is 325 g/mol. The first-order valence-corrected chi connectivity index (χ1v) is 9.87. The molecule has 23 heavy (non-hydrogen) atoms. The second kappa shape index (κ2) is 19.4. The van der Waals surface area contributed by atoms with E-state index in [2.05, 4.69) is 31.2 Å². The maximum absolute atomic E-state index is 9.13. The number of aliphatic hydroxyl groups excluding tert-OH is 1. The van der Waals surface area contributed by atoms with Gasteiger partial charge in [0.1, 0.15) is 0 Å². The fourth-order valence-electron chi connectivity index (χ4n) is 2.65. The van der Waals surface area contributed by atoms with E-state index in [-0.39, 0.29) is 12.7 Å². The van der Waals surface area contributed by atoms with Crippen LogP contribution < -0.4 is 0 Å². The van der Waals surface area contributed by atoms with E-state index < -0.39 is 0 Å². The molecule has 0 aromatic heterocycles.